The Balaban J connectivity index is 1.93. The molecular formula is C17H19ClN2O2. The Labute approximate surface area is 135 Å². The van der Waals surface area contributed by atoms with Crippen LogP contribution in [0.15, 0.2) is 54.6 Å². The first-order valence-corrected chi connectivity index (χ1v) is 7.49. The van der Waals surface area contributed by atoms with Crippen LogP contribution in [0.1, 0.15) is 11.1 Å². The van der Waals surface area contributed by atoms with Gasteiger partial charge in [0.1, 0.15) is 0 Å². The lowest BCUT2D eigenvalue weighted by atomic mass is 10.2. The highest BCUT2D eigenvalue weighted by molar-refractivity contribution is 6.30. The van der Waals surface area contributed by atoms with Gasteiger partial charge in [-0.1, -0.05) is 54.1 Å². The van der Waals surface area contributed by atoms with E-state index in [1.165, 1.54) is 0 Å². The number of carbonyl (C=O) groups excluding carboxylic acids is 1. The second-order valence-electron chi connectivity index (χ2n) is 4.92. The zero-order chi connectivity index (χ0) is 15.8. The lowest BCUT2D eigenvalue weighted by Gasteiger charge is -2.22. The predicted molar refractivity (Wildman–Crippen MR) is 87.6 cm³/mol. The number of benzene rings is 2. The van der Waals surface area contributed by atoms with Crippen molar-refractivity contribution in [3.63, 3.8) is 0 Å². The first-order chi connectivity index (χ1) is 10.7. The maximum Gasteiger partial charge on any atom is 0.318 e. The molecule has 0 atom stereocenters. The van der Waals surface area contributed by atoms with E-state index in [0.29, 0.717) is 24.7 Å². The summed E-state index contributed by atoms with van der Waals surface area (Å²) in [5.74, 6) is 0. The summed E-state index contributed by atoms with van der Waals surface area (Å²) in [5, 5.41) is 12.7. The van der Waals surface area contributed by atoms with Crippen LogP contribution < -0.4 is 5.32 Å². The number of nitrogens with one attached hydrogen (secondary N) is 1. The topological polar surface area (TPSA) is 52.6 Å². The van der Waals surface area contributed by atoms with E-state index in [4.69, 9.17) is 16.7 Å². The molecule has 0 aliphatic heterocycles. The van der Waals surface area contributed by atoms with Gasteiger partial charge >= 0.3 is 6.03 Å². The molecule has 0 unspecified atom stereocenters. The number of rotatable bonds is 6. The van der Waals surface area contributed by atoms with Crippen molar-refractivity contribution in [1.82, 2.24) is 10.2 Å². The van der Waals surface area contributed by atoms with E-state index in [0.717, 1.165) is 11.1 Å². The zero-order valence-corrected chi connectivity index (χ0v) is 13.0. The summed E-state index contributed by atoms with van der Waals surface area (Å²) in [6.45, 7) is 1.11. The average Bonchev–Trinajstić information content (AvgIpc) is 2.54. The molecule has 2 aromatic carbocycles. The third-order valence-electron chi connectivity index (χ3n) is 3.23. The molecule has 0 bridgehead atoms. The fraction of sp³-hybridized carbons (Fsp3) is 0.235. The van der Waals surface area contributed by atoms with Gasteiger partial charge in [-0.3, -0.25) is 0 Å². The highest BCUT2D eigenvalue weighted by Gasteiger charge is 2.12. The van der Waals surface area contributed by atoms with E-state index in [2.05, 4.69) is 5.32 Å². The van der Waals surface area contributed by atoms with E-state index in [-0.39, 0.29) is 12.6 Å². The van der Waals surface area contributed by atoms with Crippen molar-refractivity contribution in [2.75, 3.05) is 13.2 Å². The number of hydrogen-bond acceptors (Lipinski definition) is 2. The van der Waals surface area contributed by atoms with Crippen LogP contribution >= 0.6 is 11.6 Å². The Bertz CT molecular complexity index is 587. The number of hydrogen-bond donors (Lipinski definition) is 2. The van der Waals surface area contributed by atoms with Crippen LogP contribution in [0.25, 0.3) is 0 Å². The minimum Gasteiger partial charge on any atom is -0.395 e. The Morgan fingerprint density at radius 3 is 2.36 bits per heavy atom. The summed E-state index contributed by atoms with van der Waals surface area (Å²) in [4.78, 5) is 13.8. The summed E-state index contributed by atoms with van der Waals surface area (Å²) >= 11 is 5.83. The van der Waals surface area contributed by atoms with Crippen molar-refractivity contribution in [1.29, 1.82) is 0 Å². The number of carbonyl (C=O) groups is 1. The number of aliphatic hydroxyl groups is 1. The summed E-state index contributed by atoms with van der Waals surface area (Å²) < 4.78 is 0. The molecule has 2 N–H and O–H groups in total. The zero-order valence-electron chi connectivity index (χ0n) is 12.2. The van der Waals surface area contributed by atoms with Crippen molar-refractivity contribution in [2.24, 2.45) is 0 Å². The van der Waals surface area contributed by atoms with Crippen LogP contribution in [0, 0.1) is 0 Å². The van der Waals surface area contributed by atoms with Crippen LogP contribution in [-0.2, 0) is 13.1 Å². The number of nitrogens with zero attached hydrogens (tertiary/aromatic N) is 1. The maximum atomic E-state index is 12.3. The molecule has 0 aromatic heterocycles. The van der Waals surface area contributed by atoms with Gasteiger partial charge in [-0.25, -0.2) is 4.79 Å². The van der Waals surface area contributed by atoms with Gasteiger partial charge in [0.25, 0.3) is 0 Å². The number of urea groups is 1. The minimum absolute atomic E-state index is 0.0683. The van der Waals surface area contributed by atoms with Gasteiger partial charge in [0.05, 0.1) is 6.61 Å². The molecule has 0 saturated heterocycles. The van der Waals surface area contributed by atoms with Crippen molar-refractivity contribution < 1.29 is 9.90 Å². The second kappa shape index (κ2) is 8.41. The molecule has 4 nitrogen and oxygen atoms in total. The van der Waals surface area contributed by atoms with Gasteiger partial charge in [0.2, 0.25) is 0 Å². The fourth-order valence-electron chi connectivity index (χ4n) is 2.07. The van der Waals surface area contributed by atoms with E-state index < -0.39 is 0 Å². The highest BCUT2D eigenvalue weighted by Crippen LogP contribution is 2.10. The van der Waals surface area contributed by atoms with Gasteiger partial charge < -0.3 is 15.3 Å². The lowest BCUT2D eigenvalue weighted by Crippen LogP contribution is -2.40. The van der Waals surface area contributed by atoms with Gasteiger partial charge in [0.15, 0.2) is 0 Å². The second-order valence-corrected chi connectivity index (χ2v) is 5.35. The fourth-order valence-corrected chi connectivity index (χ4v) is 2.19. The summed E-state index contributed by atoms with van der Waals surface area (Å²) in [6, 6.07) is 16.8. The van der Waals surface area contributed by atoms with Gasteiger partial charge in [-0.15, -0.1) is 0 Å². The Hall–Kier alpha value is -2.04. The molecule has 2 rings (SSSR count). The smallest absolute Gasteiger partial charge is 0.318 e. The van der Waals surface area contributed by atoms with E-state index >= 15 is 0 Å². The van der Waals surface area contributed by atoms with Crippen LogP contribution in [0.3, 0.4) is 0 Å². The third kappa shape index (κ3) is 5.06. The summed E-state index contributed by atoms with van der Waals surface area (Å²) in [5.41, 5.74) is 2.00. The maximum absolute atomic E-state index is 12.3. The summed E-state index contributed by atoms with van der Waals surface area (Å²) in [7, 11) is 0. The molecule has 0 spiro atoms. The molecule has 0 fully saturated rings. The molecule has 0 heterocycles. The van der Waals surface area contributed by atoms with Crippen molar-refractivity contribution >= 4 is 17.6 Å². The SMILES string of the molecule is O=C(NCc1ccc(Cl)cc1)N(CCO)Cc1ccccc1. The molecule has 5 heteroatoms. The molecule has 22 heavy (non-hydrogen) atoms. The van der Waals surface area contributed by atoms with E-state index in [1.807, 2.05) is 42.5 Å². The van der Waals surface area contributed by atoms with Crippen molar-refractivity contribution in [3.05, 3.63) is 70.7 Å². The quantitative estimate of drug-likeness (QED) is 0.860. The molecule has 0 saturated carbocycles. The first-order valence-electron chi connectivity index (χ1n) is 7.11. The lowest BCUT2D eigenvalue weighted by molar-refractivity contribution is 0.173. The van der Waals surface area contributed by atoms with Crippen LogP contribution in [0.5, 0.6) is 0 Å². The third-order valence-corrected chi connectivity index (χ3v) is 3.48. The molecule has 2 amide bonds. The molecule has 0 radical (unpaired) electrons. The number of amides is 2. The minimum atomic E-state index is -0.201. The molecule has 0 aliphatic rings. The number of halogens is 1. The van der Waals surface area contributed by atoms with Gasteiger partial charge in [-0.05, 0) is 23.3 Å². The average molecular weight is 319 g/mol. The van der Waals surface area contributed by atoms with Crippen LogP contribution in [0.4, 0.5) is 4.79 Å². The standard InChI is InChI=1S/C17H19ClN2O2/c18-16-8-6-14(7-9-16)12-19-17(22)20(10-11-21)13-15-4-2-1-3-5-15/h1-9,21H,10-13H2,(H,19,22). The van der Waals surface area contributed by atoms with Crippen molar-refractivity contribution in [3.8, 4) is 0 Å². The highest BCUT2D eigenvalue weighted by atomic mass is 35.5. The van der Waals surface area contributed by atoms with E-state index in [1.54, 1.807) is 17.0 Å². The number of aliphatic hydroxyl groups excluding tert-OH is 1. The molecule has 0 aliphatic carbocycles. The Morgan fingerprint density at radius 2 is 1.73 bits per heavy atom. The largest absolute Gasteiger partial charge is 0.395 e. The summed E-state index contributed by atoms with van der Waals surface area (Å²) in [6.07, 6.45) is 0. The van der Waals surface area contributed by atoms with Crippen molar-refractivity contribution in [2.45, 2.75) is 13.1 Å². The van der Waals surface area contributed by atoms with E-state index in [9.17, 15) is 4.79 Å². The molecule has 2 aromatic rings. The first kappa shape index (κ1) is 16.3. The monoisotopic (exact) mass is 318 g/mol. The molecule has 116 valence electrons. The van der Waals surface area contributed by atoms with Crippen LogP contribution in [-0.4, -0.2) is 29.2 Å². The molecular weight excluding hydrogens is 300 g/mol. The van der Waals surface area contributed by atoms with Gasteiger partial charge in [-0.2, -0.15) is 0 Å². The van der Waals surface area contributed by atoms with Gasteiger partial charge in [0, 0.05) is 24.7 Å². The van der Waals surface area contributed by atoms with Crippen LogP contribution in [0.2, 0.25) is 5.02 Å². The normalized spacial score (nSPS) is 10.3. The Morgan fingerprint density at radius 1 is 1.05 bits per heavy atom. The predicted octanol–water partition coefficient (Wildman–Crippen LogP) is 3.04. The Kier molecular flexibility index (Phi) is 6.25.